The Morgan fingerprint density at radius 2 is 1.95 bits per heavy atom. The maximum absolute atomic E-state index is 11.6. The van der Waals surface area contributed by atoms with Crippen LogP contribution >= 0.6 is 0 Å². The Morgan fingerprint density at radius 1 is 1.19 bits per heavy atom. The van der Waals surface area contributed by atoms with Gasteiger partial charge >= 0.3 is 5.76 Å². The molecular weight excluding hydrogens is 264 g/mol. The molecule has 3 rings (SSSR count). The first-order valence-electron chi connectivity index (χ1n) is 6.90. The topological polar surface area (TPSA) is 61.2 Å². The minimum absolute atomic E-state index is 0.236. The molecule has 0 aliphatic carbocycles. The lowest BCUT2D eigenvalue weighted by molar-refractivity contribution is 0.527. The smallest absolute Gasteiger partial charge is 0.408 e. The SMILES string of the molecule is Cc1cccc(C(N)c2ccc3c(c2)oc(=O)n3C)c1C. The van der Waals surface area contributed by atoms with Crippen molar-refractivity contribution in [3.05, 3.63) is 69.2 Å². The molecule has 21 heavy (non-hydrogen) atoms. The summed E-state index contributed by atoms with van der Waals surface area (Å²) in [6, 6.07) is 11.6. The molecule has 1 aromatic heterocycles. The van der Waals surface area contributed by atoms with Gasteiger partial charge in [0.15, 0.2) is 5.58 Å². The Balaban J connectivity index is 2.11. The van der Waals surface area contributed by atoms with Gasteiger partial charge in [0, 0.05) is 7.05 Å². The highest BCUT2D eigenvalue weighted by molar-refractivity contribution is 5.74. The summed E-state index contributed by atoms with van der Waals surface area (Å²) in [5.74, 6) is -0.359. The maximum atomic E-state index is 11.6. The summed E-state index contributed by atoms with van der Waals surface area (Å²) in [5.41, 5.74) is 12.2. The van der Waals surface area contributed by atoms with Gasteiger partial charge < -0.3 is 10.2 Å². The Hall–Kier alpha value is -2.33. The third-order valence-corrected chi connectivity index (χ3v) is 4.16. The second-order valence-corrected chi connectivity index (χ2v) is 5.42. The van der Waals surface area contributed by atoms with E-state index >= 15 is 0 Å². The lowest BCUT2D eigenvalue weighted by Gasteiger charge is -2.16. The normalized spacial score (nSPS) is 12.8. The largest absolute Gasteiger partial charge is 0.419 e. The van der Waals surface area contributed by atoms with E-state index in [1.54, 1.807) is 7.05 Å². The average molecular weight is 282 g/mol. The highest BCUT2D eigenvalue weighted by Crippen LogP contribution is 2.26. The molecule has 0 radical (unpaired) electrons. The number of nitrogens with zero attached hydrogens (tertiary/aromatic N) is 1. The van der Waals surface area contributed by atoms with Crippen molar-refractivity contribution in [1.82, 2.24) is 4.57 Å². The number of rotatable bonds is 2. The Kier molecular flexibility index (Phi) is 3.18. The van der Waals surface area contributed by atoms with Crippen LogP contribution in [0.4, 0.5) is 0 Å². The number of aromatic nitrogens is 1. The summed E-state index contributed by atoms with van der Waals surface area (Å²) >= 11 is 0. The molecule has 0 saturated carbocycles. The van der Waals surface area contributed by atoms with Crippen LogP contribution in [0.3, 0.4) is 0 Å². The first-order chi connectivity index (χ1) is 9.99. The molecule has 0 fully saturated rings. The zero-order valence-electron chi connectivity index (χ0n) is 12.4. The Labute approximate surface area is 122 Å². The van der Waals surface area contributed by atoms with Gasteiger partial charge in [-0.05, 0) is 48.2 Å². The summed E-state index contributed by atoms with van der Waals surface area (Å²) in [6.07, 6.45) is 0. The summed E-state index contributed by atoms with van der Waals surface area (Å²) in [7, 11) is 1.69. The molecule has 4 heteroatoms. The molecule has 0 saturated heterocycles. The third kappa shape index (κ3) is 2.17. The number of fused-ring (bicyclic) bond motifs is 1. The molecule has 1 heterocycles. The predicted octanol–water partition coefficient (Wildman–Crippen LogP) is 2.80. The van der Waals surface area contributed by atoms with Crippen LogP contribution in [0.1, 0.15) is 28.3 Å². The third-order valence-electron chi connectivity index (χ3n) is 4.16. The fourth-order valence-corrected chi connectivity index (χ4v) is 2.63. The molecule has 3 aromatic rings. The monoisotopic (exact) mass is 282 g/mol. The summed E-state index contributed by atoms with van der Waals surface area (Å²) in [4.78, 5) is 11.6. The molecule has 108 valence electrons. The second-order valence-electron chi connectivity index (χ2n) is 5.42. The van der Waals surface area contributed by atoms with Crippen molar-refractivity contribution in [2.24, 2.45) is 12.8 Å². The van der Waals surface area contributed by atoms with Crippen molar-refractivity contribution in [2.75, 3.05) is 0 Å². The summed E-state index contributed by atoms with van der Waals surface area (Å²) in [5, 5.41) is 0. The minimum Gasteiger partial charge on any atom is -0.408 e. The summed E-state index contributed by atoms with van der Waals surface area (Å²) in [6.45, 7) is 4.15. The average Bonchev–Trinajstić information content (AvgIpc) is 2.76. The van der Waals surface area contributed by atoms with Crippen molar-refractivity contribution < 1.29 is 4.42 Å². The highest BCUT2D eigenvalue weighted by atomic mass is 16.4. The minimum atomic E-state index is -0.359. The number of nitrogens with two attached hydrogens (primary N) is 1. The van der Waals surface area contributed by atoms with E-state index in [0.717, 1.165) is 16.6 Å². The zero-order valence-corrected chi connectivity index (χ0v) is 12.4. The molecule has 2 aromatic carbocycles. The van der Waals surface area contributed by atoms with E-state index in [2.05, 4.69) is 19.9 Å². The van der Waals surface area contributed by atoms with Gasteiger partial charge in [-0.25, -0.2) is 4.79 Å². The van der Waals surface area contributed by atoms with Crippen molar-refractivity contribution in [3.8, 4) is 0 Å². The lowest BCUT2D eigenvalue weighted by atomic mass is 9.93. The van der Waals surface area contributed by atoms with Crippen molar-refractivity contribution >= 4 is 11.1 Å². The number of aryl methyl sites for hydroxylation is 2. The highest BCUT2D eigenvalue weighted by Gasteiger charge is 2.14. The van der Waals surface area contributed by atoms with Crippen LogP contribution in [0.15, 0.2) is 45.6 Å². The molecule has 2 N–H and O–H groups in total. The van der Waals surface area contributed by atoms with Gasteiger partial charge in [0.05, 0.1) is 11.6 Å². The first-order valence-corrected chi connectivity index (χ1v) is 6.90. The van der Waals surface area contributed by atoms with E-state index in [0.29, 0.717) is 5.58 Å². The van der Waals surface area contributed by atoms with Crippen LogP contribution in [0.5, 0.6) is 0 Å². The fraction of sp³-hybridized carbons (Fsp3) is 0.235. The number of hydrogen-bond donors (Lipinski definition) is 1. The second kappa shape index (κ2) is 4.90. The van der Waals surface area contributed by atoms with Gasteiger partial charge in [-0.3, -0.25) is 4.57 Å². The maximum Gasteiger partial charge on any atom is 0.419 e. The molecule has 4 nitrogen and oxygen atoms in total. The van der Waals surface area contributed by atoms with E-state index in [1.165, 1.54) is 15.7 Å². The van der Waals surface area contributed by atoms with Crippen molar-refractivity contribution in [1.29, 1.82) is 0 Å². The van der Waals surface area contributed by atoms with E-state index < -0.39 is 0 Å². The molecule has 0 amide bonds. The van der Waals surface area contributed by atoms with Gasteiger partial charge in [-0.15, -0.1) is 0 Å². The Bertz CT molecular complexity index is 874. The first kappa shape index (κ1) is 13.6. The van der Waals surface area contributed by atoms with Gasteiger partial charge in [0.2, 0.25) is 0 Å². The van der Waals surface area contributed by atoms with Crippen LogP contribution < -0.4 is 11.5 Å². The van der Waals surface area contributed by atoms with Gasteiger partial charge in [-0.2, -0.15) is 0 Å². The van der Waals surface area contributed by atoms with Crippen molar-refractivity contribution in [2.45, 2.75) is 19.9 Å². The number of hydrogen-bond acceptors (Lipinski definition) is 3. The number of oxazole rings is 1. The van der Waals surface area contributed by atoms with Crippen LogP contribution in [0.2, 0.25) is 0 Å². The standard InChI is InChI=1S/C17H18N2O2/c1-10-5-4-6-13(11(10)2)16(18)12-7-8-14-15(9-12)21-17(20)19(14)3/h4-9,16H,18H2,1-3H3. The molecule has 0 aliphatic heterocycles. The van der Waals surface area contributed by atoms with Gasteiger partial charge in [-0.1, -0.05) is 24.3 Å². The van der Waals surface area contributed by atoms with Crippen LogP contribution in [0.25, 0.3) is 11.1 Å². The van der Waals surface area contributed by atoms with Gasteiger partial charge in [0.1, 0.15) is 0 Å². The summed E-state index contributed by atoms with van der Waals surface area (Å²) < 4.78 is 6.72. The van der Waals surface area contributed by atoms with E-state index in [1.807, 2.05) is 30.3 Å². The number of benzene rings is 2. The molecular formula is C17H18N2O2. The zero-order chi connectivity index (χ0) is 15.1. The van der Waals surface area contributed by atoms with Crippen molar-refractivity contribution in [3.63, 3.8) is 0 Å². The van der Waals surface area contributed by atoms with Crippen LogP contribution in [-0.4, -0.2) is 4.57 Å². The molecule has 0 aliphatic rings. The molecule has 1 atom stereocenters. The van der Waals surface area contributed by atoms with E-state index in [-0.39, 0.29) is 11.8 Å². The fourth-order valence-electron chi connectivity index (χ4n) is 2.63. The molecule has 1 unspecified atom stereocenters. The van der Waals surface area contributed by atoms with Gasteiger partial charge in [0.25, 0.3) is 0 Å². The molecule has 0 bridgehead atoms. The predicted molar refractivity (Wildman–Crippen MR) is 83.4 cm³/mol. The quantitative estimate of drug-likeness (QED) is 0.786. The lowest BCUT2D eigenvalue weighted by Crippen LogP contribution is -2.13. The van der Waals surface area contributed by atoms with Crippen LogP contribution in [-0.2, 0) is 7.05 Å². The van der Waals surface area contributed by atoms with E-state index in [9.17, 15) is 4.79 Å². The van der Waals surface area contributed by atoms with E-state index in [4.69, 9.17) is 10.2 Å². The Morgan fingerprint density at radius 3 is 2.71 bits per heavy atom. The molecule has 0 spiro atoms. The van der Waals surface area contributed by atoms with Crippen LogP contribution in [0, 0.1) is 13.8 Å².